The van der Waals surface area contributed by atoms with Crippen LogP contribution in [0.25, 0.3) is 0 Å². The molecule has 15 heavy (non-hydrogen) atoms. The zero-order valence-corrected chi connectivity index (χ0v) is 8.56. The summed E-state index contributed by atoms with van der Waals surface area (Å²) >= 11 is 0. The number of Topliss-reactive ketones (excluding diaryl/α,β-unsaturated/α-hetero) is 1. The molecule has 0 atom stereocenters. The highest BCUT2D eigenvalue weighted by Gasteiger charge is 2.24. The zero-order chi connectivity index (χ0) is 11.0. The fourth-order valence-corrected chi connectivity index (χ4v) is 2.12. The molecule has 1 aromatic carbocycles. The number of benzene rings is 1. The molecule has 2 rings (SSSR count). The Hall–Kier alpha value is -1.58. The standard InChI is InChI=1S/C11H13FN2O/c1-14-11-6-3-2-4-9(15)10(6)8(13)5-7(11)12/h5,14H,2-4,13H2,1H3. The Morgan fingerprint density at radius 1 is 1.47 bits per heavy atom. The van der Waals surface area contributed by atoms with Gasteiger partial charge >= 0.3 is 0 Å². The number of ketones is 1. The normalized spacial score (nSPS) is 14.9. The van der Waals surface area contributed by atoms with Crippen LogP contribution in [-0.4, -0.2) is 12.8 Å². The number of nitrogens with two attached hydrogens (primary N) is 1. The molecular weight excluding hydrogens is 195 g/mol. The average Bonchev–Trinajstić information content (AvgIpc) is 2.17. The van der Waals surface area contributed by atoms with Crippen molar-refractivity contribution in [2.45, 2.75) is 19.3 Å². The summed E-state index contributed by atoms with van der Waals surface area (Å²) in [6.07, 6.45) is 1.98. The van der Waals surface area contributed by atoms with Crippen molar-refractivity contribution in [1.29, 1.82) is 0 Å². The molecule has 0 aliphatic heterocycles. The largest absolute Gasteiger partial charge is 0.398 e. The van der Waals surface area contributed by atoms with Crippen LogP contribution >= 0.6 is 0 Å². The summed E-state index contributed by atoms with van der Waals surface area (Å²) < 4.78 is 13.5. The molecule has 3 nitrogen and oxygen atoms in total. The first kappa shape index (κ1) is 9.96. The minimum absolute atomic E-state index is 0.0188. The molecule has 0 unspecified atom stereocenters. The van der Waals surface area contributed by atoms with Crippen molar-refractivity contribution in [2.24, 2.45) is 0 Å². The summed E-state index contributed by atoms with van der Waals surface area (Å²) in [5.41, 5.74) is 7.57. The number of hydrogen-bond acceptors (Lipinski definition) is 3. The van der Waals surface area contributed by atoms with E-state index in [1.165, 1.54) is 6.07 Å². The van der Waals surface area contributed by atoms with Gasteiger partial charge in [-0.15, -0.1) is 0 Å². The first-order valence-electron chi connectivity index (χ1n) is 4.97. The number of carbonyl (C=O) groups excluding carboxylic acids is 1. The van der Waals surface area contributed by atoms with Crippen LogP contribution in [0.1, 0.15) is 28.8 Å². The SMILES string of the molecule is CNc1c(F)cc(N)c2c1CCCC2=O. The van der Waals surface area contributed by atoms with Crippen LogP contribution in [0.5, 0.6) is 0 Å². The van der Waals surface area contributed by atoms with Crippen molar-refractivity contribution in [3.05, 3.63) is 23.0 Å². The Bertz CT molecular complexity index is 429. The number of nitrogen functional groups attached to an aromatic ring is 1. The van der Waals surface area contributed by atoms with E-state index in [0.717, 1.165) is 12.0 Å². The molecular formula is C11H13FN2O. The van der Waals surface area contributed by atoms with Crippen LogP contribution in [-0.2, 0) is 6.42 Å². The van der Waals surface area contributed by atoms with Crippen molar-refractivity contribution >= 4 is 17.2 Å². The van der Waals surface area contributed by atoms with Gasteiger partial charge in [-0.3, -0.25) is 4.79 Å². The van der Waals surface area contributed by atoms with Crippen LogP contribution in [0.2, 0.25) is 0 Å². The number of rotatable bonds is 1. The summed E-state index contributed by atoms with van der Waals surface area (Å²) in [4.78, 5) is 11.7. The lowest BCUT2D eigenvalue weighted by Gasteiger charge is -2.20. The molecule has 0 saturated heterocycles. The quantitative estimate of drug-likeness (QED) is 0.694. The molecule has 0 radical (unpaired) electrons. The number of anilines is 2. The molecule has 0 spiro atoms. The van der Waals surface area contributed by atoms with E-state index < -0.39 is 0 Å². The fourth-order valence-electron chi connectivity index (χ4n) is 2.12. The number of halogens is 1. The second-order valence-corrected chi connectivity index (χ2v) is 3.70. The van der Waals surface area contributed by atoms with E-state index >= 15 is 0 Å². The molecule has 0 fully saturated rings. The lowest BCUT2D eigenvalue weighted by molar-refractivity contribution is 0.0973. The molecule has 0 aromatic heterocycles. The molecule has 4 heteroatoms. The van der Waals surface area contributed by atoms with Gasteiger partial charge in [0, 0.05) is 24.7 Å². The molecule has 0 amide bonds. The highest BCUT2D eigenvalue weighted by molar-refractivity contribution is 6.04. The van der Waals surface area contributed by atoms with Gasteiger partial charge in [-0.25, -0.2) is 4.39 Å². The maximum Gasteiger partial charge on any atom is 0.165 e. The predicted octanol–water partition coefficient (Wildman–Crippen LogP) is 1.97. The van der Waals surface area contributed by atoms with Crippen molar-refractivity contribution in [2.75, 3.05) is 18.1 Å². The Balaban J connectivity index is 2.70. The smallest absolute Gasteiger partial charge is 0.165 e. The maximum absolute atomic E-state index is 13.5. The summed E-state index contributed by atoms with van der Waals surface area (Å²) in [7, 11) is 1.65. The Morgan fingerprint density at radius 2 is 2.20 bits per heavy atom. The summed E-state index contributed by atoms with van der Waals surface area (Å²) in [6.45, 7) is 0. The van der Waals surface area contributed by atoms with E-state index in [-0.39, 0.29) is 17.3 Å². The van der Waals surface area contributed by atoms with Gasteiger partial charge in [0.2, 0.25) is 0 Å². The number of carbonyl (C=O) groups is 1. The van der Waals surface area contributed by atoms with Crippen LogP contribution in [0.3, 0.4) is 0 Å². The van der Waals surface area contributed by atoms with E-state index in [1.54, 1.807) is 7.05 Å². The van der Waals surface area contributed by atoms with Gasteiger partial charge in [0.1, 0.15) is 5.82 Å². The van der Waals surface area contributed by atoms with Crippen molar-refractivity contribution in [1.82, 2.24) is 0 Å². The minimum atomic E-state index is -0.386. The predicted molar refractivity (Wildman–Crippen MR) is 57.6 cm³/mol. The molecule has 0 heterocycles. The van der Waals surface area contributed by atoms with Gasteiger partial charge in [-0.05, 0) is 24.5 Å². The molecule has 0 bridgehead atoms. The van der Waals surface area contributed by atoms with E-state index in [2.05, 4.69) is 5.32 Å². The Morgan fingerprint density at radius 3 is 2.87 bits per heavy atom. The fraction of sp³-hybridized carbons (Fsp3) is 0.364. The monoisotopic (exact) mass is 208 g/mol. The number of fused-ring (bicyclic) bond motifs is 1. The molecule has 1 aliphatic rings. The van der Waals surface area contributed by atoms with E-state index in [0.29, 0.717) is 24.1 Å². The Labute approximate surface area is 87.5 Å². The lowest BCUT2D eigenvalue weighted by atomic mass is 9.88. The van der Waals surface area contributed by atoms with Gasteiger partial charge in [-0.2, -0.15) is 0 Å². The van der Waals surface area contributed by atoms with E-state index in [1.807, 2.05) is 0 Å². The van der Waals surface area contributed by atoms with Gasteiger partial charge in [0.25, 0.3) is 0 Å². The highest BCUT2D eigenvalue weighted by Crippen LogP contribution is 2.33. The molecule has 0 saturated carbocycles. The van der Waals surface area contributed by atoms with Crippen LogP contribution < -0.4 is 11.1 Å². The van der Waals surface area contributed by atoms with Crippen LogP contribution in [0.4, 0.5) is 15.8 Å². The van der Waals surface area contributed by atoms with E-state index in [4.69, 9.17) is 5.73 Å². The van der Waals surface area contributed by atoms with Crippen molar-refractivity contribution < 1.29 is 9.18 Å². The summed E-state index contributed by atoms with van der Waals surface area (Å²) in [6, 6.07) is 1.22. The third kappa shape index (κ3) is 1.46. The van der Waals surface area contributed by atoms with Gasteiger partial charge in [0.15, 0.2) is 5.78 Å². The van der Waals surface area contributed by atoms with Crippen molar-refractivity contribution in [3.8, 4) is 0 Å². The molecule has 1 aromatic rings. The first-order chi connectivity index (χ1) is 7.15. The summed E-state index contributed by atoms with van der Waals surface area (Å²) in [5, 5.41) is 2.79. The second kappa shape index (κ2) is 3.53. The van der Waals surface area contributed by atoms with E-state index in [9.17, 15) is 9.18 Å². The lowest BCUT2D eigenvalue weighted by Crippen LogP contribution is -2.16. The number of hydrogen-bond donors (Lipinski definition) is 2. The minimum Gasteiger partial charge on any atom is -0.398 e. The molecule has 1 aliphatic carbocycles. The topological polar surface area (TPSA) is 55.1 Å². The van der Waals surface area contributed by atoms with Gasteiger partial charge < -0.3 is 11.1 Å². The Kier molecular flexibility index (Phi) is 2.34. The summed E-state index contributed by atoms with van der Waals surface area (Å²) in [5.74, 6) is -0.367. The van der Waals surface area contributed by atoms with Gasteiger partial charge in [0.05, 0.1) is 5.69 Å². The third-order valence-corrected chi connectivity index (χ3v) is 2.77. The zero-order valence-electron chi connectivity index (χ0n) is 8.56. The van der Waals surface area contributed by atoms with Crippen LogP contribution in [0, 0.1) is 5.82 Å². The third-order valence-electron chi connectivity index (χ3n) is 2.77. The molecule has 3 N–H and O–H groups in total. The first-order valence-corrected chi connectivity index (χ1v) is 4.97. The van der Waals surface area contributed by atoms with Crippen LogP contribution in [0.15, 0.2) is 6.07 Å². The number of nitrogens with one attached hydrogen (secondary N) is 1. The highest BCUT2D eigenvalue weighted by atomic mass is 19.1. The molecule has 80 valence electrons. The average molecular weight is 208 g/mol. The van der Waals surface area contributed by atoms with Crippen molar-refractivity contribution in [3.63, 3.8) is 0 Å². The van der Waals surface area contributed by atoms with Gasteiger partial charge in [-0.1, -0.05) is 0 Å². The maximum atomic E-state index is 13.5. The second-order valence-electron chi connectivity index (χ2n) is 3.70.